The lowest BCUT2D eigenvalue weighted by Gasteiger charge is -2.33. The second-order valence-electron chi connectivity index (χ2n) is 6.95. The molecule has 0 radical (unpaired) electrons. The molecule has 0 spiro atoms. The molecule has 2 aromatic rings. The second-order valence-corrected chi connectivity index (χ2v) is 8.36. The first-order valence-electron chi connectivity index (χ1n) is 9.50. The van der Waals surface area contributed by atoms with Crippen molar-refractivity contribution >= 4 is 29.3 Å². The van der Waals surface area contributed by atoms with Crippen LogP contribution in [0, 0.1) is 10.1 Å². The van der Waals surface area contributed by atoms with Crippen molar-refractivity contribution in [3.05, 3.63) is 70.3 Å². The van der Waals surface area contributed by atoms with E-state index in [9.17, 15) is 19.7 Å². The zero-order valence-corrected chi connectivity index (χ0v) is 16.9. The van der Waals surface area contributed by atoms with Crippen LogP contribution in [0.1, 0.15) is 30.1 Å². The number of thioether (sulfide) groups is 1. The van der Waals surface area contributed by atoms with Crippen LogP contribution in [0.2, 0.25) is 0 Å². The molecule has 8 heteroatoms. The Morgan fingerprint density at radius 2 is 1.72 bits per heavy atom. The number of carbonyl (C=O) groups excluding carboxylic acids is 2. The van der Waals surface area contributed by atoms with Crippen LogP contribution in [-0.4, -0.2) is 46.0 Å². The summed E-state index contributed by atoms with van der Waals surface area (Å²) < 4.78 is 0. The second kappa shape index (κ2) is 9.56. The van der Waals surface area contributed by atoms with Crippen LogP contribution in [0.15, 0.2) is 59.5 Å². The minimum absolute atomic E-state index is 0.0351. The summed E-state index contributed by atoms with van der Waals surface area (Å²) in [6, 6.07) is 15.4. The van der Waals surface area contributed by atoms with Crippen LogP contribution in [0.4, 0.5) is 5.69 Å². The molecule has 0 unspecified atom stereocenters. The van der Waals surface area contributed by atoms with Crippen molar-refractivity contribution in [1.29, 1.82) is 0 Å². The van der Waals surface area contributed by atoms with Crippen molar-refractivity contribution in [3.63, 3.8) is 0 Å². The van der Waals surface area contributed by atoms with Gasteiger partial charge in [-0.25, -0.2) is 0 Å². The van der Waals surface area contributed by atoms with Crippen LogP contribution in [-0.2, 0) is 4.79 Å². The lowest BCUT2D eigenvalue weighted by atomic mass is 10.0. The van der Waals surface area contributed by atoms with Gasteiger partial charge in [-0.2, -0.15) is 0 Å². The van der Waals surface area contributed by atoms with Gasteiger partial charge >= 0.3 is 0 Å². The Hall–Kier alpha value is -2.87. The average Bonchev–Trinajstić information content (AvgIpc) is 2.74. The smallest absolute Gasteiger partial charge is 0.269 e. The van der Waals surface area contributed by atoms with E-state index in [1.54, 1.807) is 24.3 Å². The maximum absolute atomic E-state index is 12.7. The Labute approximate surface area is 173 Å². The maximum atomic E-state index is 12.7. The van der Waals surface area contributed by atoms with Gasteiger partial charge in [-0.3, -0.25) is 19.7 Å². The van der Waals surface area contributed by atoms with Crippen LogP contribution in [0.25, 0.3) is 0 Å². The van der Waals surface area contributed by atoms with Crippen molar-refractivity contribution in [2.75, 3.05) is 13.1 Å². The summed E-state index contributed by atoms with van der Waals surface area (Å²) in [5, 5.41) is 13.5. The summed E-state index contributed by atoms with van der Waals surface area (Å²) >= 11 is 1.39. The van der Waals surface area contributed by atoms with Gasteiger partial charge in [0.25, 0.3) is 11.6 Å². The van der Waals surface area contributed by atoms with Crippen molar-refractivity contribution in [1.82, 2.24) is 10.2 Å². The van der Waals surface area contributed by atoms with Crippen molar-refractivity contribution < 1.29 is 14.5 Å². The SMILES string of the molecule is C[C@@H](Sc1ccc([N+](=O)[O-])cc1)C(=O)N1CCC(NC(=O)c2ccccc2)CC1. The Morgan fingerprint density at radius 3 is 2.31 bits per heavy atom. The maximum Gasteiger partial charge on any atom is 0.269 e. The molecular weight excluding hydrogens is 390 g/mol. The summed E-state index contributed by atoms with van der Waals surface area (Å²) in [6.07, 6.45) is 1.44. The monoisotopic (exact) mass is 413 g/mol. The van der Waals surface area contributed by atoms with E-state index in [-0.39, 0.29) is 28.8 Å². The zero-order chi connectivity index (χ0) is 20.8. The predicted molar refractivity (Wildman–Crippen MR) is 112 cm³/mol. The average molecular weight is 413 g/mol. The molecule has 1 aliphatic rings. The van der Waals surface area contributed by atoms with Gasteiger partial charge < -0.3 is 10.2 Å². The van der Waals surface area contributed by atoms with Crippen molar-refractivity contribution in [2.45, 2.75) is 36.0 Å². The van der Waals surface area contributed by atoms with E-state index < -0.39 is 4.92 Å². The Balaban J connectivity index is 1.47. The van der Waals surface area contributed by atoms with Crippen LogP contribution in [0.3, 0.4) is 0 Å². The van der Waals surface area contributed by atoms with Crippen molar-refractivity contribution in [3.8, 4) is 0 Å². The van der Waals surface area contributed by atoms with E-state index in [0.717, 1.165) is 17.7 Å². The van der Waals surface area contributed by atoms with Gasteiger partial charge in [0.1, 0.15) is 0 Å². The number of non-ortho nitro benzene ring substituents is 1. The first-order valence-corrected chi connectivity index (χ1v) is 10.4. The zero-order valence-electron chi connectivity index (χ0n) is 16.1. The fourth-order valence-electron chi connectivity index (χ4n) is 3.26. The van der Waals surface area contributed by atoms with E-state index in [4.69, 9.17) is 0 Å². The standard InChI is InChI=1S/C21H23N3O4S/c1-15(29-19-9-7-18(8-10-19)24(27)28)21(26)23-13-11-17(12-14-23)22-20(25)16-5-3-2-4-6-16/h2-10,15,17H,11-14H2,1H3,(H,22,25)/t15-/m1/s1. The van der Waals surface area contributed by atoms with Crippen LogP contribution in [0.5, 0.6) is 0 Å². The number of carbonyl (C=O) groups is 2. The van der Waals surface area contributed by atoms with Gasteiger partial charge in [-0.05, 0) is 44.0 Å². The van der Waals surface area contributed by atoms with Gasteiger partial charge in [0, 0.05) is 41.7 Å². The lowest BCUT2D eigenvalue weighted by Crippen LogP contribution is -2.48. The first-order chi connectivity index (χ1) is 13.9. The molecule has 1 saturated heterocycles. The van der Waals surface area contributed by atoms with E-state index in [0.29, 0.717) is 18.7 Å². The highest BCUT2D eigenvalue weighted by molar-refractivity contribution is 8.00. The predicted octanol–water partition coefficient (Wildman–Crippen LogP) is 3.50. The first kappa shape index (κ1) is 20.9. The number of amides is 2. The molecule has 1 N–H and O–H groups in total. The number of benzene rings is 2. The highest BCUT2D eigenvalue weighted by Gasteiger charge is 2.27. The fourth-order valence-corrected chi connectivity index (χ4v) is 4.21. The van der Waals surface area contributed by atoms with E-state index >= 15 is 0 Å². The number of nitrogens with one attached hydrogen (secondary N) is 1. The Morgan fingerprint density at radius 1 is 1.10 bits per heavy atom. The molecule has 0 aromatic heterocycles. The Kier molecular flexibility index (Phi) is 6.87. The third kappa shape index (κ3) is 5.57. The van der Waals surface area contributed by atoms with E-state index in [1.165, 1.54) is 23.9 Å². The normalized spacial score (nSPS) is 15.6. The molecule has 29 heavy (non-hydrogen) atoms. The fraction of sp³-hybridized carbons (Fsp3) is 0.333. The molecule has 0 saturated carbocycles. The molecule has 7 nitrogen and oxygen atoms in total. The number of nitrogens with zero attached hydrogens (tertiary/aromatic N) is 2. The number of nitro benzene ring substituents is 1. The van der Waals surface area contributed by atoms with Gasteiger partial charge in [0.15, 0.2) is 0 Å². The molecule has 1 aliphatic heterocycles. The highest BCUT2D eigenvalue weighted by Crippen LogP contribution is 2.27. The largest absolute Gasteiger partial charge is 0.349 e. The number of hydrogen-bond donors (Lipinski definition) is 1. The minimum atomic E-state index is -0.441. The van der Waals surface area contributed by atoms with Gasteiger partial charge in [-0.15, -0.1) is 11.8 Å². The lowest BCUT2D eigenvalue weighted by molar-refractivity contribution is -0.384. The van der Waals surface area contributed by atoms with Gasteiger partial charge in [-0.1, -0.05) is 18.2 Å². The molecule has 2 aromatic carbocycles. The van der Waals surface area contributed by atoms with Crippen LogP contribution >= 0.6 is 11.8 Å². The number of nitro groups is 1. The third-order valence-corrected chi connectivity index (χ3v) is 5.99. The Bertz CT molecular complexity index is 865. The van der Waals surface area contributed by atoms with E-state index in [2.05, 4.69) is 5.32 Å². The number of rotatable bonds is 6. The molecule has 0 aliphatic carbocycles. The number of hydrogen-bond acceptors (Lipinski definition) is 5. The van der Waals surface area contributed by atoms with E-state index in [1.807, 2.05) is 30.0 Å². The topological polar surface area (TPSA) is 92.6 Å². The molecule has 3 rings (SSSR count). The molecule has 0 bridgehead atoms. The van der Waals surface area contributed by atoms with Gasteiger partial charge in [0.2, 0.25) is 5.91 Å². The quantitative estimate of drug-likeness (QED) is 0.445. The molecule has 1 fully saturated rings. The number of likely N-dealkylation sites (tertiary alicyclic amines) is 1. The molecule has 1 atom stereocenters. The summed E-state index contributed by atoms with van der Waals surface area (Å²) in [7, 11) is 0. The summed E-state index contributed by atoms with van der Waals surface area (Å²) in [4.78, 5) is 37.9. The summed E-state index contributed by atoms with van der Waals surface area (Å²) in [5.74, 6) is -0.0429. The summed E-state index contributed by atoms with van der Waals surface area (Å²) in [6.45, 7) is 3.05. The van der Waals surface area contributed by atoms with Gasteiger partial charge in [0.05, 0.1) is 10.2 Å². The molecule has 152 valence electrons. The molecule has 2 amide bonds. The minimum Gasteiger partial charge on any atom is -0.349 e. The number of piperidine rings is 1. The van der Waals surface area contributed by atoms with Crippen molar-refractivity contribution in [2.24, 2.45) is 0 Å². The molecule has 1 heterocycles. The third-order valence-electron chi connectivity index (χ3n) is 4.89. The van der Waals surface area contributed by atoms with Crippen LogP contribution < -0.4 is 5.32 Å². The molecular formula is C21H23N3O4S. The highest BCUT2D eigenvalue weighted by atomic mass is 32.2. The summed E-state index contributed by atoms with van der Waals surface area (Å²) in [5.41, 5.74) is 0.673.